The molecule has 1 unspecified atom stereocenters. The molecule has 1 fully saturated rings. The van der Waals surface area contributed by atoms with Gasteiger partial charge in [-0.1, -0.05) is 60.8 Å². The zero-order chi connectivity index (χ0) is 19.8. The monoisotopic (exact) mass is 387 g/mol. The van der Waals surface area contributed by atoms with E-state index in [0.717, 1.165) is 23.9 Å². The molecule has 4 nitrogen and oxygen atoms in total. The molecule has 0 aliphatic heterocycles. The molecule has 0 amide bonds. The molecule has 2 heterocycles. The molecule has 5 heteroatoms. The van der Waals surface area contributed by atoms with Crippen molar-refractivity contribution in [3.8, 4) is 0 Å². The molecular weight excluding hydrogens is 350 g/mol. The zero-order valence-corrected chi connectivity index (χ0v) is 18.9. The normalized spacial score (nSPS) is 18.1. The van der Waals surface area contributed by atoms with Crippen LogP contribution in [0.15, 0.2) is 18.5 Å². The van der Waals surface area contributed by atoms with Gasteiger partial charge in [0.2, 0.25) is 0 Å². The van der Waals surface area contributed by atoms with E-state index in [1.54, 1.807) is 0 Å². The summed E-state index contributed by atoms with van der Waals surface area (Å²) in [4.78, 5) is 9.51. The lowest BCUT2D eigenvalue weighted by atomic mass is 9.85. The first-order chi connectivity index (χ1) is 12.8. The molecule has 2 aromatic rings. The van der Waals surface area contributed by atoms with Crippen LogP contribution in [0.1, 0.15) is 85.6 Å². The van der Waals surface area contributed by atoms with Gasteiger partial charge in [-0.3, -0.25) is 0 Å². The van der Waals surface area contributed by atoms with Crippen LogP contribution in [0.5, 0.6) is 0 Å². The molecular formula is C22H37N3OSi. The smallest absolute Gasteiger partial charge is 0.171 e. The number of hydrogen-bond donors (Lipinski definition) is 1. The van der Waals surface area contributed by atoms with Gasteiger partial charge >= 0.3 is 0 Å². The van der Waals surface area contributed by atoms with Gasteiger partial charge in [-0.2, -0.15) is 0 Å². The molecule has 1 aliphatic carbocycles. The number of aliphatic hydroxyl groups is 1. The van der Waals surface area contributed by atoms with Gasteiger partial charge in [-0.05, 0) is 47.6 Å². The van der Waals surface area contributed by atoms with E-state index >= 15 is 0 Å². The largest absolute Gasteiger partial charge is 0.385 e. The number of rotatable bonds is 6. The predicted molar refractivity (Wildman–Crippen MR) is 116 cm³/mol. The quantitative estimate of drug-likeness (QED) is 0.612. The maximum Gasteiger partial charge on any atom is 0.171 e. The van der Waals surface area contributed by atoms with E-state index in [-0.39, 0.29) is 0 Å². The maximum absolute atomic E-state index is 10.9. The minimum atomic E-state index is -1.87. The van der Waals surface area contributed by atoms with Gasteiger partial charge in [0.25, 0.3) is 0 Å². The Morgan fingerprint density at radius 1 is 1.00 bits per heavy atom. The third kappa shape index (κ3) is 3.49. The zero-order valence-electron chi connectivity index (χ0n) is 17.9. The standard InChI is InChI=1S/C22H37N3OSi/c1-15(2)27(16(3)4,17(5)6)25-13-12-19-14-23-21(24-22(19)25)20(26)18-10-8-7-9-11-18/h12-18,20,26H,7-11H2,1-6H3. The lowest BCUT2D eigenvalue weighted by Gasteiger charge is -2.44. The SMILES string of the molecule is CC(C)[Si](C(C)C)(C(C)C)n1ccc2cnc(C(O)C3CCCCC3)nc21. The number of aromatic nitrogens is 3. The Bertz CT molecular complexity index is 740. The Kier molecular flexibility index (Phi) is 6.11. The summed E-state index contributed by atoms with van der Waals surface area (Å²) in [5.74, 6) is 0.926. The number of fused-ring (bicyclic) bond motifs is 1. The second kappa shape index (κ2) is 8.04. The summed E-state index contributed by atoms with van der Waals surface area (Å²) >= 11 is 0. The molecule has 0 saturated heterocycles. The van der Waals surface area contributed by atoms with Crippen molar-refractivity contribution >= 4 is 19.3 Å². The Morgan fingerprint density at radius 3 is 2.15 bits per heavy atom. The predicted octanol–water partition coefficient (Wildman–Crippen LogP) is 6.07. The van der Waals surface area contributed by atoms with Crippen molar-refractivity contribution in [2.75, 3.05) is 0 Å². The molecule has 1 N–H and O–H groups in total. The van der Waals surface area contributed by atoms with Crippen LogP contribution in [0, 0.1) is 5.92 Å². The van der Waals surface area contributed by atoms with Crippen LogP contribution < -0.4 is 0 Å². The van der Waals surface area contributed by atoms with Crippen LogP contribution in [-0.2, 0) is 0 Å². The lowest BCUT2D eigenvalue weighted by molar-refractivity contribution is 0.0774. The molecule has 0 spiro atoms. The van der Waals surface area contributed by atoms with Gasteiger partial charge in [-0.15, -0.1) is 0 Å². The minimum absolute atomic E-state index is 0.307. The third-order valence-corrected chi connectivity index (χ3v) is 13.7. The highest BCUT2D eigenvalue weighted by molar-refractivity contribution is 6.82. The fourth-order valence-electron chi connectivity index (χ4n) is 5.88. The van der Waals surface area contributed by atoms with Crippen LogP contribution >= 0.6 is 0 Å². The molecule has 3 rings (SSSR count). The van der Waals surface area contributed by atoms with Crippen molar-refractivity contribution < 1.29 is 5.11 Å². The second-order valence-corrected chi connectivity index (χ2v) is 15.1. The van der Waals surface area contributed by atoms with Crippen LogP contribution in [0.4, 0.5) is 0 Å². The van der Waals surface area contributed by atoms with Gasteiger partial charge in [0, 0.05) is 11.6 Å². The van der Waals surface area contributed by atoms with Gasteiger partial charge in [0.1, 0.15) is 11.8 Å². The molecule has 0 bridgehead atoms. The molecule has 1 atom stereocenters. The Labute approximate surface area is 165 Å². The first-order valence-corrected chi connectivity index (χ1v) is 13.0. The van der Waals surface area contributed by atoms with E-state index < -0.39 is 14.3 Å². The highest BCUT2D eigenvalue weighted by atomic mass is 28.3. The summed E-state index contributed by atoms with van der Waals surface area (Å²) < 4.78 is 2.51. The third-order valence-electron chi connectivity index (χ3n) is 7.00. The van der Waals surface area contributed by atoms with Crippen LogP contribution in [0.25, 0.3) is 11.0 Å². The van der Waals surface area contributed by atoms with Gasteiger partial charge < -0.3 is 9.34 Å². The van der Waals surface area contributed by atoms with Gasteiger partial charge in [0.05, 0.1) is 0 Å². The lowest BCUT2D eigenvalue weighted by Crippen LogP contribution is -2.51. The Morgan fingerprint density at radius 2 is 1.59 bits per heavy atom. The molecule has 2 aromatic heterocycles. The van der Waals surface area contributed by atoms with E-state index in [0.29, 0.717) is 28.4 Å². The molecule has 1 saturated carbocycles. The van der Waals surface area contributed by atoms with Crippen molar-refractivity contribution in [1.29, 1.82) is 0 Å². The van der Waals surface area contributed by atoms with Crippen molar-refractivity contribution in [1.82, 2.24) is 14.2 Å². The first-order valence-electron chi connectivity index (χ1n) is 10.8. The van der Waals surface area contributed by atoms with Crippen molar-refractivity contribution in [2.24, 2.45) is 5.92 Å². The van der Waals surface area contributed by atoms with E-state index in [2.05, 4.69) is 63.0 Å². The molecule has 150 valence electrons. The fraction of sp³-hybridized carbons (Fsp3) is 0.727. The number of nitrogens with zero attached hydrogens (tertiary/aromatic N) is 3. The summed E-state index contributed by atoms with van der Waals surface area (Å²) in [5, 5.41) is 12.0. The highest BCUT2D eigenvalue weighted by Gasteiger charge is 2.46. The maximum atomic E-state index is 10.9. The van der Waals surface area contributed by atoms with E-state index in [1.807, 2.05) is 6.20 Å². The summed E-state index contributed by atoms with van der Waals surface area (Å²) in [6.45, 7) is 14.2. The topological polar surface area (TPSA) is 50.9 Å². The summed E-state index contributed by atoms with van der Waals surface area (Å²) in [6, 6.07) is 2.15. The number of hydrogen-bond acceptors (Lipinski definition) is 3. The Hall–Kier alpha value is -1.20. The van der Waals surface area contributed by atoms with Crippen LogP contribution in [-0.4, -0.2) is 27.5 Å². The molecule has 0 aromatic carbocycles. The molecule has 0 radical (unpaired) electrons. The number of aliphatic hydroxyl groups excluding tert-OH is 1. The summed E-state index contributed by atoms with van der Waals surface area (Å²) in [6.07, 6.45) is 9.51. The van der Waals surface area contributed by atoms with Crippen molar-refractivity contribution in [2.45, 2.75) is 96.4 Å². The van der Waals surface area contributed by atoms with Crippen LogP contribution in [0.2, 0.25) is 16.6 Å². The van der Waals surface area contributed by atoms with Crippen molar-refractivity contribution in [3.63, 3.8) is 0 Å². The Balaban J connectivity index is 2.09. The first kappa shape index (κ1) is 20.5. The fourth-order valence-corrected chi connectivity index (χ4v) is 12.4. The van der Waals surface area contributed by atoms with Gasteiger partial charge in [0.15, 0.2) is 14.1 Å². The molecule has 27 heavy (non-hydrogen) atoms. The molecule has 1 aliphatic rings. The summed E-state index contributed by atoms with van der Waals surface area (Å²) in [7, 11) is -1.87. The van der Waals surface area contributed by atoms with E-state index in [4.69, 9.17) is 4.98 Å². The van der Waals surface area contributed by atoms with Crippen LogP contribution in [0.3, 0.4) is 0 Å². The van der Waals surface area contributed by atoms with E-state index in [1.165, 1.54) is 19.3 Å². The highest BCUT2D eigenvalue weighted by Crippen LogP contribution is 2.44. The average molecular weight is 388 g/mol. The average Bonchev–Trinajstić information content (AvgIpc) is 3.05. The minimum Gasteiger partial charge on any atom is -0.385 e. The second-order valence-electron chi connectivity index (χ2n) is 9.39. The van der Waals surface area contributed by atoms with Gasteiger partial charge in [-0.25, -0.2) is 9.97 Å². The van der Waals surface area contributed by atoms with E-state index in [9.17, 15) is 5.11 Å². The summed E-state index contributed by atoms with van der Waals surface area (Å²) in [5.41, 5.74) is 2.84. The van der Waals surface area contributed by atoms with Crippen molar-refractivity contribution in [3.05, 3.63) is 24.3 Å².